The van der Waals surface area contributed by atoms with Crippen LogP contribution in [-0.2, 0) is 14.4 Å². The van der Waals surface area contributed by atoms with Gasteiger partial charge in [0.15, 0.2) is 5.78 Å². The molecule has 5 amide bonds. The molecule has 2 aromatic carbocycles. The van der Waals surface area contributed by atoms with E-state index < -0.39 is 30.3 Å². The van der Waals surface area contributed by atoms with Crippen LogP contribution in [0.15, 0.2) is 48.5 Å². The van der Waals surface area contributed by atoms with Gasteiger partial charge in [-0.15, -0.1) is 0 Å². The van der Waals surface area contributed by atoms with E-state index in [4.69, 9.17) is 11.6 Å². The molecule has 0 spiro atoms. The van der Waals surface area contributed by atoms with Crippen LogP contribution in [0.3, 0.4) is 0 Å². The first-order valence-electron chi connectivity index (χ1n) is 8.12. The van der Waals surface area contributed by atoms with E-state index in [0.717, 1.165) is 7.05 Å². The van der Waals surface area contributed by atoms with Gasteiger partial charge in [0.25, 0.3) is 0 Å². The predicted octanol–water partition coefficient (Wildman–Crippen LogP) is 1.93. The van der Waals surface area contributed by atoms with Gasteiger partial charge in [-0.3, -0.25) is 24.1 Å². The molecule has 0 aromatic heterocycles. The Morgan fingerprint density at radius 2 is 1.68 bits per heavy atom. The molecule has 8 nitrogen and oxygen atoms in total. The number of hydrogen-bond donors (Lipinski definition) is 1. The molecular weight excluding hydrogens is 386 g/mol. The molecule has 0 atom stereocenters. The van der Waals surface area contributed by atoms with Crippen molar-refractivity contribution in [3.63, 3.8) is 0 Å². The smallest absolute Gasteiger partial charge is 0.324 e. The van der Waals surface area contributed by atoms with Crippen LogP contribution >= 0.6 is 11.6 Å². The Morgan fingerprint density at radius 3 is 2.29 bits per heavy atom. The zero-order valence-corrected chi connectivity index (χ0v) is 15.4. The largest absolute Gasteiger partial charge is 0.334 e. The van der Waals surface area contributed by atoms with E-state index >= 15 is 0 Å². The third-order valence-corrected chi connectivity index (χ3v) is 4.32. The number of imide groups is 2. The number of carbonyl (C=O) groups excluding carboxylic acids is 5. The lowest BCUT2D eigenvalue weighted by Crippen LogP contribution is -2.38. The molecule has 3 rings (SSSR count). The summed E-state index contributed by atoms with van der Waals surface area (Å²) in [6.07, 6.45) is 0. The molecule has 1 saturated heterocycles. The van der Waals surface area contributed by atoms with Crippen molar-refractivity contribution in [2.24, 2.45) is 0 Å². The first kappa shape index (κ1) is 19.2. The third kappa shape index (κ3) is 3.63. The van der Waals surface area contributed by atoms with Gasteiger partial charge in [0.05, 0.1) is 5.69 Å². The summed E-state index contributed by atoms with van der Waals surface area (Å²) >= 11 is 5.99. The highest BCUT2D eigenvalue weighted by Crippen LogP contribution is 2.24. The molecule has 0 aliphatic carbocycles. The van der Waals surface area contributed by atoms with E-state index in [1.807, 2.05) is 0 Å². The predicted molar refractivity (Wildman–Crippen MR) is 99.8 cm³/mol. The van der Waals surface area contributed by atoms with Crippen LogP contribution in [0.1, 0.15) is 15.9 Å². The van der Waals surface area contributed by atoms with Crippen molar-refractivity contribution in [2.75, 3.05) is 18.9 Å². The van der Waals surface area contributed by atoms with Crippen LogP contribution < -0.4 is 5.32 Å². The lowest BCUT2D eigenvalue weighted by molar-refractivity contribution is -0.143. The van der Waals surface area contributed by atoms with Gasteiger partial charge in [0.2, 0.25) is 5.91 Å². The third-order valence-electron chi connectivity index (χ3n) is 4.09. The highest BCUT2D eigenvalue weighted by Gasteiger charge is 2.43. The van der Waals surface area contributed by atoms with Gasteiger partial charge in [-0.25, -0.2) is 9.69 Å². The van der Waals surface area contributed by atoms with Crippen LogP contribution in [0.4, 0.5) is 10.5 Å². The maximum absolute atomic E-state index is 12.8. The molecule has 1 heterocycles. The van der Waals surface area contributed by atoms with E-state index in [0.29, 0.717) is 20.4 Å². The molecule has 142 valence electrons. The number of nitrogens with one attached hydrogen (secondary N) is 1. The van der Waals surface area contributed by atoms with Crippen molar-refractivity contribution < 1.29 is 24.0 Å². The second-order valence-electron chi connectivity index (χ2n) is 5.97. The maximum Gasteiger partial charge on any atom is 0.334 e. The van der Waals surface area contributed by atoms with Crippen molar-refractivity contribution in [3.05, 3.63) is 64.7 Å². The average molecular weight is 400 g/mol. The Morgan fingerprint density at radius 1 is 1.00 bits per heavy atom. The highest BCUT2D eigenvalue weighted by atomic mass is 35.5. The highest BCUT2D eigenvalue weighted by molar-refractivity contribution is 6.45. The molecule has 0 bridgehead atoms. The van der Waals surface area contributed by atoms with Gasteiger partial charge in [0.1, 0.15) is 6.54 Å². The van der Waals surface area contributed by atoms with Gasteiger partial charge >= 0.3 is 17.8 Å². The zero-order chi connectivity index (χ0) is 20.4. The molecule has 0 unspecified atom stereocenters. The summed E-state index contributed by atoms with van der Waals surface area (Å²) in [6, 6.07) is 11.9. The second-order valence-corrected chi connectivity index (χ2v) is 6.41. The molecule has 1 N–H and O–H groups in total. The minimum Gasteiger partial charge on any atom is -0.324 e. The lowest BCUT2D eigenvalue weighted by Gasteiger charge is -2.15. The molecule has 1 aliphatic heterocycles. The van der Waals surface area contributed by atoms with Crippen molar-refractivity contribution >= 4 is 46.8 Å². The number of halogens is 1. The van der Waals surface area contributed by atoms with E-state index in [-0.39, 0.29) is 17.0 Å². The minimum atomic E-state index is -1.08. The molecule has 1 fully saturated rings. The molecule has 9 heteroatoms. The van der Waals surface area contributed by atoms with Gasteiger partial charge in [-0.1, -0.05) is 41.9 Å². The summed E-state index contributed by atoms with van der Waals surface area (Å²) < 4.78 is 0. The monoisotopic (exact) mass is 399 g/mol. The average Bonchev–Trinajstić information content (AvgIpc) is 2.87. The van der Waals surface area contributed by atoms with Gasteiger partial charge < -0.3 is 5.32 Å². The van der Waals surface area contributed by atoms with Gasteiger partial charge in [0, 0.05) is 23.2 Å². The summed E-state index contributed by atoms with van der Waals surface area (Å²) in [6.45, 7) is -0.657. The number of ketones is 1. The number of urea groups is 1. The Balaban J connectivity index is 1.82. The number of hydrogen-bond acceptors (Lipinski definition) is 5. The van der Waals surface area contributed by atoms with Crippen molar-refractivity contribution in [1.82, 2.24) is 9.80 Å². The zero-order valence-electron chi connectivity index (χ0n) is 14.6. The van der Waals surface area contributed by atoms with Crippen LogP contribution in [0.25, 0.3) is 0 Å². The Hall–Kier alpha value is -3.52. The first-order chi connectivity index (χ1) is 13.3. The van der Waals surface area contributed by atoms with Crippen molar-refractivity contribution in [1.29, 1.82) is 0 Å². The molecule has 28 heavy (non-hydrogen) atoms. The molecule has 1 aliphatic rings. The van der Waals surface area contributed by atoms with Gasteiger partial charge in [-0.05, 0) is 18.2 Å². The number of amides is 5. The summed E-state index contributed by atoms with van der Waals surface area (Å²) in [7, 11) is 1.15. The lowest BCUT2D eigenvalue weighted by atomic mass is 10.0. The fourth-order valence-electron chi connectivity index (χ4n) is 2.64. The van der Waals surface area contributed by atoms with Crippen LogP contribution in [0, 0.1) is 0 Å². The summed E-state index contributed by atoms with van der Waals surface area (Å²) in [4.78, 5) is 61.4. The van der Waals surface area contributed by atoms with Crippen LogP contribution in [-0.4, -0.2) is 52.9 Å². The number of likely N-dealkylation sites (N-methyl/N-ethyl adjacent to an activating group) is 1. The normalized spacial score (nSPS) is 13.9. The number of anilines is 1. The van der Waals surface area contributed by atoms with E-state index in [1.54, 1.807) is 30.3 Å². The first-order valence-corrected chi connectivity index (χ1v) is 8.50. The SMILES string of the molecule is CN1C(=O)C(=O)N(CC(=O)Nc2ccc(Cl)cc2C(=O)c2ccccc2)C1=O. The fourth-order valence-corrected chi connectivity index (χ4v) is 2.82. The summed E-state index contributed by atoms with van der Waals surface area (Å²) in [5, 5.41) is 2.79. The van der Waals surface area contributed by atoms with Gasteiger partial charge in [-0.2, -0.15) is 0 Å². The summed E-state index contributed by atoms with van der Waals surface area (Å²) in [5.74, 6) is -3.19. The Kier molecular flexibility index (Phi) is 5.23. The minimum absolute atomic E-state index is 0.152. The maximum atomic E-state index is 12.8. The fraction of sp³-hybridized carbons (Fsp3) is 0.105. The van der Waals surface area contributed by atoms with Crippen LogP contribution in [0.5, 0.6) is 0 Å². The summed E-state index contributed by atoms with van der Waals surface area (Å²) in [5.41, 5.74) is 0.721. The Labute approximate surface area is 164 Å². The van der Waals surface area contributed by atoms with E-state index in [2.05, 4.69) is 5.32 Å². The number of rotatable bonds is 5. The van der Waals surface area contributed by atoms with Crippen LogP contribution in [0.2, 0.25) is 5.02 Å². The topological polar surface area (TPSA) is 104 Å². The van der Waals surface area contributed by atoms with E-state index in [1.165, 1.54) is 18.2 Å². The number of carbonyl (C=O) groups is 5. The quantitative estimate of drug-likeness (QED) is 0.470. The second kappa shape index (κ2) is 7.61. The van der Waals surface area contributed by atoms with Crippen molar-refractivity contribution in [2.45, 2.75) is 0 Å². The standard InChI is InChI=1S/C19H14ClN3O5/c1-22-17(26)18(27)23(19(22)28)10-15(24)21-14-8-7-12(20)9-13(14)16(25)11-5-3-2-4-6-11/h2-9H,10H2,1H3,(H,21,24). The number of benzene rings is 2. The molecular formula is C19H14ClN3O5. The molecule has 0 saturated carbocycles. The van der Waals surface area contributed by atoms with E-state index in [9.17, 15) is 24.0 Å². The molecule has 0 radical (unpaired) electrons. The van der Waals surface area contributed by atoms with Crippen molar-refractivity contribution in [3.8, 4) is 0 Å². The number of nitrogens with zero attached hydrogens (tertiary/aromatic N) is 2. The molecule has 2 aromatic rings. The Bertz CT molecular complexity index is 1010.